The molecule has 4 nitrogen and oxygen atoms in total. The third-order valence-electron chi connectivity index (χ3n) is 3.67. The maximum Gasteiger partial charge on any atom is 0.175 e. The van der Waals surface area contributed by atoms with Crippen LogP contribution in [0.25, 0.3) is 28.6 Å². The lowest BCUT2D eigenvalue weighted by molar-refractivity contribution is 0.602. The van der Waals surface area contributed by atoms with E-state index in [1.54, 1.807) is 28.9 Å². The van der Waals surface area contributed by atoms with E-state index in [4.69, 9.17) is 0 Å². The number of hydrogen-bond donors (Lipinski definition) is 0. The molecule has 0 amide bonds. The van der Waals surface area contributed by atoms with Crippen LogP contribution in [-0.2, 0) is 9.84 Å². The van der Waals surface area contributed by atoms with Crippen molar-refractivity contribution in [2.24, 2.45) is 0 Å². The minimum absolute atomic E-state index is 0.306. The number of benzene rings is 2. The fourth-order valence-electron chi connectivity index (χ4n) is 2.52. The number of rotatable bonds is 4. The van der Waals surface area contributed by atoms with Gasteiger partial charge in [-0.05, 0) is 24.6 Å². The zero-order chi connectivity index (χ0) is 17.2. The molecule has 0 saturated heterocycles. The molecule has 3 aromatic rings. The third-order valence-corrected chi connectivity index (χ3v) is 4.80. The topological polar surface area (TPSA) is 52.0 Å². The van der Waals surface area contributed by atoms with Crippen LogP contribution >= 0.6 is 0 Å². The smallest absolute Gasteiger partial charge is 0.175 e. The van der Waals surface area contributed by atoms with Crippen molar-refractivity contribution in [3.05, 3.63) is 66.9 Å². The summed E-state index contributed by atoms with van der Waals surface area (Å²) in [6, 6.07) is 16.8. The monoisotopic (exact) mass is 338 g/mol. The Morgan fingerprint density at radius 1 is 0.958 bits per heavy atom. The molecule has 0 radical (unpaired) electrons. The van der Waals surface area contributed by atoms with Crippen LogP contribution in [0.15, 0.2) is 71.8 Å². The molecule has 0 fully saturated rings. The standard InChI is InChI=1S/C19H18N2O2S/c1-3-13-21-14-18(15-7-5-4-6-8-15)19(20-21)16-9-11-17(12-10-16)24(2,22)23/h3-14H,1-2H3. The van der Waals surface area contributed by atoms with Crippen molar-refractivity contribution in [3.8, 4) is 22.4 Å². The number of allylic oxidation sites excluding steroid dienone is 1. The molecule has 0 bridgehead atoms. The van der Waals surface area contributed by atoms with E-state index in [0.717, 1.165) is 22.4 Å². The third kappa shape index (κ3) is 3.31. The lowest BCUT2D eigenvalue weighted by atomic mass is 10.0. The summed E-state index contributed by atoms with van der Waals surface area (Å²) in [4.78, 5) is 0.306. The van der Waals surface area contributed by atoms with Crippen molar-refractivity contribution < 1.29 is 8.42 Å². The molecule has 0 unspecified atom stereocenters. The van der Waals surface area contributed by atoms with Gasteiger partial charge in [-0.3, -0.25) is 0 Å². The average Bonchev–Trinajstić information content (AvgIpc) is 2.99. The van der Waals surface area contributed by atoms with Crippen molar-refractivity contribution in [1.29, 1.82) is 0 Å². The Balaban J connectivity index is 2.13. The second kappa shape index (κ2) is 6.45. The first kappa shape index (κ1) is 16.2. The van der Waals surface area contributed by atoms with Gasteiger partial charge >= 0.3 is 0 Å². The molecule has 0 aliphatic heterocycles. The summed E-state index contributed by atoms with van der Waals surface area (Å²) < 4.78 is 25.0. The lowest BCUT2D eigenvalue weighted by Crippen LogP contribution is -1.96. The fourth-order valence-corrected chi connectivity index (χ4v) is 3.15. The Morgan fingerprint density at radius 3 is 2.21 bits per heavy atom. The summed E-state index contributed by atoms with van der Waals surface area (Å²) >= 11 is 0. The second-order valence-corrected chi connectivity index (χ2v) is 7.53. The maximum atomic E-state index is 11.6. The molecule has 0 aliphatic carbocycles. The van der Waals surface area contributed by atoms with Crippen molar-refractivity contribution in [1.82, 2.24) is 9.78 Å². The first-order valence-corrected chi connectivity index (χ1v) is 9.46. The number of nitrogens with zero attached hydrogens (tertiary/aromatic N) is 2. The summed E-state index contributed by atoms with van der Waals surface area (Å²) in [6.45, 7) is 1.93. The van der Waals surface area contributed by atoms with E-state index in [9.17, 15) is 8.42 Å². The van der Waals surface area contributed by atoms with Gasteiger partial charge in [0.1, 0.15) is 5.69 Å². The van der Waals surface area contributed by atoms with Crippen LogP contribution < -0.4 is 0 Å². The van der Waals surface area contributed by atoms with Gasteiger partial charge in [-0.2, -0.15) is 5.10 Å². The van der Waals surface area contributed by atoms with Crippen molar-refractivity contribution in [2.45, 2.75) is 11.8 Å². The van der Waals surface area contributed by atoms with Crippen LogP contribution in [0.5, 0.6) is 0 Å². The Hall–Kier alpha value is -2.66. The van der Waals surface area contributed by atoms with Gasteiger partial charge in [0.05, 0.1) is 4.90 Å². The summed E-state index contributed by atoms with van der Waals surface area (Å²) in [5, 5.41) is 4.62. The highest BCUT2D eigenvalue weighted by molar-refractivity contribution is 7.90. The first-order chi connectivity index (χ1) is 11.5. The van der Waals surface area contributed by atoms with Gasteiger partial charge in [0.25, 0.3) is 0 Å². The highest BCUT2D eigenvalue weighted by Crippen LogP contribution is 2.31. The normalized spacial score (nSPS) is 11.9. The summed E-state index contributed by atoms with van der Waals surface area (Å²) in [6.07, 6.45) is 6.96. The van der Waals surface area contributed by atoms with E-state index in [-0.39, 0.29) is 0 Å². The molecule has 0 spiro atoms. The minimum atomic E-state index is -3.20. The predicted octanol–water partition coefficient (Wildman–Crippen LogP) is 4.11. The van der Waals surface area contributed by atoms with Gasteiger partial charge in [0.15, 0.2) is 9.84 Å². The largest absolute Gasteiger partial charge is 0.247 e. The van der Waals surface area contributed by atoms with Gasteiger partial charge in [0, 0.05) is 29.8 Å². The molecule has 5 heteroatoms. The van der Waals surface area contributed by atoms with E-state index >= 15 is 0 Å². The molecule has 24 heavy (non-hydrogen) atoms. The Morgan fingerprint density at radius 2 is 1.62 bits per heavy atom. The van der Waals surface area contributed by atoms with Crippen LogP contribution in [0, 0.1) is 0 Å². The predicted molar refractivity (Wildman–Crippen MR) is 97.2 cm³/mol. The molecule has 1 heterocycles. The summed E-state index contributed by atoms with van der Waals surface area (Å²) in [5.41, 5.74) is 3.76. The van der Waals surface area contributed by atoms with Crippen LogP contribution in [-0.4, -0.2) is 24.5 Å². The van der Waals surface area contributed by atoms with E-state index in [2.05, 4.69) is 5.10 Å². The van der Waals surface area contributed by atoms with Crippen molar-refractivity contribution in [2.75, 3.05) is 6.26 Å². The number of sulfone groups is 1. The van der Waals surface area contributed by atoms with Crippen LogP contribution in [0.2, 0.25) is 0 Å². The van der Waals surface area contributed by atoms with Gasteiger partial charge in [-0.15, -0.1) is 0 Å². The Kier molecular flexibility index (Phi) is 4.36. The zero-order valence-corrected chi connectivity index (χ0v) is 14.4. The lowest BCUT2D eigenvalue weighted by Gasteiger charge is -2.04. The molecular formula is C19H18N2O2S. The quantitative estimate of drug-likeness (QED) is 0.719. The molecule has 2 aromatic carbocycles. The molecule has 0 N–H and O–H groups in total. The van der Waals surface area contributed by atoms with Crippen LogP contribution in [0.1, 0.15) is 6.92 Å². The number of aromatic nitrogens is 2. The molecule has 0 saturated carbocycles. The maximum absolute atomic E-state index is 11.6. The van der Waals surface area contributed by atoms with Gasteiger partial charge < -0.3 is 0 Å². The average molecular weight is 338 g/mol. The van der Waals surface area contributed by atoms with E-state index in [1.165, 1.54) is 6.26 Å². The van der Waals surface area contributed by atoms with Crippen LogP contribution in [0.4, 0.5) is 0 Å². The van der Waals surface area contributed by atoms with E-state index < -0.39 is 9.84 Å². The first-order valence-electron chi connectivity index (χ1n) is 7.57. The Bertz CT molecular complexity index is 970. The van der Waals surface area contributed by atoms with Crippen LogP contribution in [0.3, 0.4) is 0 Å². The van der Waals surface area contributed by atoms with Gasteiger partial charge in [-0.25, -0.2) is 13.1 Å². The van der Waals surface area contributed by atoms with E-state index in [0.29, 0.717) is 4.90 Å². The zero-order valence-electron chi connectivity index (χ0n) is 13.5. The fraction of sp³-hybridized carbons (Fsp3) is 0.105. The SMILES string of the molecule is CC=Cn1cc(-c2ccccc2)c(-c2ccc(S(C)(=O)=O)cc2)n1. The molecule has 3 rings (SSSR count). The Labute approximate surface area is 142 Å². The van der Waals surface area contributed by atoms with Crippen molar-refractivity contribution in [3.63, 3.8) is 0 Å². The van der Waals surface area contributed by atoms with Crippen molar-refractivity contribution >= 4 is 16.0 Å². The molecule has 1 aromatic heterocycles. The molecule has 0 aliphatic rings. The number of hydrogen-bond acceptors (Lipinski definition) is 3. The highest BCUT2D eigenvalue weighted by atomic mass is 32.2. The highest BCUT2D eigenvalue weighted by Gasteiger charge is 2.14. The summed E-state index contributed by atoms with van der Waals surface area (Å²) in [7, 11) is -3.20. The molecular weight excluding hydrogens is 320 g/mol. The minimum Gasteiger partial charge on any atom is -0.247 e. The van der Waals surface area contributed by atoms with E-state index in [1.807, 2.05) is 55.7 Å². The summed E-state index contributed by atoms with van der Waals surface area (Å²) in [5.74, 6) is 0. The van der Waals surface area contributed by atoms with Gasteiger partial charge in [-0.1, -0.05) is 48.5 Å². The second-order valence-electron chi connectivity index (χ2n) is 5.52. The molecule has 0 atom stereocenters. The molecule has 122 valence electrons. The van der Waals surface area contributed by atoms with Gasteiger partial charge in [0.2, 0.25) is 0 Å².